The molecule has 1 saturated carbocycles. The van der Waals surface area contributed by atoms with Gasteiger partial charge in [-0.2, -0.15) is 0 Å². The molecule has 0 bridgehead atoms. The first-order chi connectivity index (χ1) is 4.09. The molecule has 0 saturated heterocycles. The highest BCUT2D eigenvalue weighted by Crippen LogP contribution is 2.48. The predicted molar refractivity (Wildman–Crippen MR) is 33.2 cm³/mol. The van der Waals surface area contributed by atoms with E-state index in [9.17, 15) is 9.59 Å². The molecule has 0 amide bonds. The summed E-state index contributed by atoms with van der Waals surface area (Å²) in [6, 6.07) is 0. The number of rotatable bonds is 2. The molecule has 0 aliphatic heterocycles. The highest BCUT2D eigenvalue weighted by atomic mass is 35.5. The van der Waals surface area contributed by atoms with E-state index < -0.39 is 10.7 Å². The van der Waals surface area contributed by atoms with E-state index in [1.807, 2.05) is 0 Å². The molecule has 0 aromatic carbocycles. The lowest BCUT2D eigenvalue weighted by Crippen LogP contribution is -2.18. The Morgan fingerprint density at radius 3 is 1.89 bits per heavy atom. The van der Waals surface area contributed by atoms with Crippen molar-refractivity contribution >= 4 is 22.6 Å². The van der Waals surface area contributed by atoms with E-state index >= 15 is 0 Å². The van der Waals surface area contributed by atoms with E-state index in [0.29, 0.717) is 12.8 Å². The van der Waals surface area contributed by atoms with Gasteiger partial charge in [-0.3, -0.25) is 9.59 Å². The summed E-state index contributed by atoms with van der Waals surface area (Å²) in [7, 11) is 0. The Balaban J connectivity index is 2.75. The second-order valence-corrected chi connectivity index (χ2v) is 2.76. The minimum absolute atomic E-state index is 0.0949. The first kappa shape index (κ1) is 6.75. The topological polar surface area (TPSA) is 34.1 Å². The van der Waals surface area contributed by atoms with Gasteiger partial charge in [0.05, 0.1) is 0 Å². The van der Waals surface area contributed by atoms with Gasteiger partial charge in [0.1, 0.15) is 11.2 Å². The van der Waals surface area contributed by atoms with Gasteiger partial charge < -0.3 is 0 Å². The maximum atomic E-state index is 10.7. The van der Waals surface area contributed by atoms with Crippen molar-refractivity contribution in [3.8, 4) is 0 Å². The molecule has 1 rings (SSSR count). The van der Waals surface area contributed by atoms with Gasteiger partial charge in [-0.05, 0) is 31.4 Å². The summed E-state index contributed by atoms with van der Waals surface area (Å²) in [5, 5.41) is -0.491. The molecule has 0 heterocycles. The summed E-state index contributed by atoms with van der Waals surface area (Å²) in [5.41, 5.74) is -0.762. The Kier molecular flexibility index (Phi) is 1.35. The summed E-state index contributed by atoms with van der Waals surface area (Å²) < 4.78 is 0. The third-order valence-electron chi connectivity index (χ3n) is 1.80. The van der Waals surface area contributed by atoms with E-state index in [2.05, 4.69) is 0 Å². The van der Waals surface area contributed by atoms with Gasteiger partial charge in [0.25, 0.3) is 0 Å². The molecule has 1 fully saturated rings. The van der Waals surface area contributed by atoms with Crippen molar-refractivity contribution in [3.05, 3.63) is 0 Å². The summed E-state index contributed by atoms with van der Waals surface area (Å²) in [6.45, 7) is 1.41. The van der Waals surface area contributed by atoms with Gasteiger partial charge in [0.15, 0.2) is 0 Å². The molecule has 0 unspecified atom stereocenters. The van der Waals surface area contributed by atoms with Crippen molar-refractivity contribution in [3.63, 3.8) is 0 Å². The zero-order chi connectivity index (χ0) is 7.07. The smallest absolute Gasteiger partial charge is 0.235 e. The number of hydrogen-bond acceptors (Lipinski definition) is 2. The highest BCUT2D eigenvalue weighted by Gasteiger charge is 2.53. The minimum Gasteiger partial charge on any atom is -0.299 e. The Morgan fingerprint density at radius 2 is 1.89 bits per heavy atom. The third kappa shape index (κ3) is 0.874. The second kappa shape index (κ2) is 1.81. The van der Waals surface area contributed by atoms with Crippen molar-refractivity contribution in [2.75, 3.05) is 0 Å². The lowest BCUT2D eigenvalue weighted by Gasteiger charge is -2.00. The Bertz CT molecular complexity index is 154. The molecular formula is C6H7ClO2. The molecule has 0 N–H and O–H groups in total. The van der Waals surface area contributed by atoms with E-state index in [-0.39, 0.29) is 5.78 Å². The third-order valence-corrected chi connectivity index (χ3v) is 2.16. The molecular weight excluding hydrogens is 140 g/mol. The molecule has 0 aromatic heterocycles. The van der Waals surface area contributed by atoms with Crippen molar-refractivity contribution in [1.29, 1.82) is 0 Å². The van der Waals surface area contributed by atoms with Crippen molar-refractivity contribution in [2.45, 2.75) is 19.8 Å². The molecule has 0 spiro atoms. The highest BCUT2D eigenvalue weighted by molar-refractivity contribution is 6.67. The number of hydrogen-bond donors (Lipinski definition) is 0. The van der Waals surface area contributed by atoms with Crippen molar-refractivity contribution < 1.29 is 9.59 Å². The first-order valence-corrected chi connectivity index (χ1v) is 3.18. The number of carbonyl (C=O) groups excluding carboxylic acids is 2. The molecule has 2 nitrogen and oxygen atoms in total. The molecule has 50 valence electrons. The van der Waals surface area contributed by atoms with Gasteiger partial charge in [0.2, 0.25) is 5.24 Å². The van der Waals surface area contributed by atoms with Crippen LogP contribution < -0.4 is 0 Å². The summed E-state index contributed by atoms with van der Waals surface area (Å²) in [6.07, 6.45) is 1.29. The number of halogens is 1. The standard InChI is InChI=1S/C6H7ClO2/c1-4(8)6(2-3-6)5(7)9/h2-3H2,1H3. The van der Waals surface area contributed by atoms with Crippen LogP contribution in [0.25, 0.3) is 0 Å². The average molecular weight is 147 g/mol. The number of ketones is 1. The maximum absolute atomic E-state index is 10.7. The zero-order valence-corrected chi connectivity index (χ0v) is 5.86. The monoisotopic (exact) mass is 146 g/mol. The van der Waals surface area contributed by atoms with Crippen molar-refractivity contribution in [2.24, 2.45) is 5.41 Å². The maximum Gasteiger partial charge on any atom is 0.235 e. The lowest BCUT2D eigenvalue weighted by atomic mass is 10.1. The van der Waals surface area contributed by atoms with Gasteiger partial charge in [-0.1, -0.05) is 0 Å². The Hall–Kier alpha value is -0.370. The largest absolute Gasteiger partial charge is 0.299 e. The molecule has 9 heavy (non-hydrogen) atoms. The molecule has 3 heteroatoms. The van der Waals surface area contributed by atoms with Crippen LogP contribution in [0.5, 0.6) is 0 Å². The first-order valence-electron chi connectivity index (χ1n) is 2.80. The fourth-order valence-electron chi connectivity index (χ4n) is 0.812. The fourth-order valence-corrected chi connectivity index (χ4v) is 1.13. The summed E-state index contributed by atoms with van der Waals surface area (Å²) >= 11 is 5.17. The van der Waals surface area contributed by atoms with Gasteiger partial charge in [0, 0.05) is 0 Å². The lowest BCUT2D eigenvalue weighted by molar-refractivity contribution is -0.129. The zero-order valence-electron chi connectivity index (χ0n) is 5.11. The molecule has 0 atom stereocenters. The Labute approximate surface area is 58.2 Å². The van der Waals surface area contributed by atoms with Crippen LogP contribution in [0.4, 0.5) is 0 Å². The SMILES string of the molecule is CC(=O)C1(C(=O)Cl)CC1. The number of carbonyl (C=O) groups is 2. The quantitative estimate of drug-likeness (QED) is 0.432. The predicted octanol–water partition coefficient (Wildman–Crippen LogP) is 1.12. The average Bonchev–Trinajstić information content (AvgIpc) is 2.40. The van der Waals surface area contributed by atoms with Crippen LogP contribution in [0, 0.1) is 5.41 Å². The second-order valence-electron chi connectivity index (χ2n) is 2.41. The van der Waals surface area contributed by atoms with Crippen LogP contribution in [0.2, 0.25) is 0 Å². The number of Topliss-reactive ketones (excluding diaryl/α,β-unsaturated/α-hetero) is 1. The van der Waals surface area contributed by atoms with Crippen LogP contribution in [0.15, 0.2) is 0 Å². The molecule has 0 aromatic rings. The van der Waals surface area contributed by atoms with Gasteiger partial charge >= 0.3 is 0 Å². The van der Waals surface area contributed by atoms with E-state index in [1.165, 1.54) is 6.92 Å². The summed E-state index contributed by atoms with van der Waals surface area (Å²) in [5.74, 6) is -0.0949. The van der Waals surface area contributed by atoms with Gasteiger partial charge in [-0.25, -0.2) is 0 Å². The normalized spacial score (nSPS) is 21.1. The van der Waals surface area contributed by atoms with Crippen LogP contribution >= 0.6 is 11.6 Å². The minimum atomic E-state index is -0.762. The van der Waals surface area contributed by atoms with E-state index in [0.717, 1.165) is 0 Å². The van der Waals surface area contributed by atoms with Crippen molar-refractivity contribution in [1.82, 2.24) is 0 Å². The van der Waals surface area contributed by atoms with E-state index in [1.54, 1.807) is 0 Å². The fraction of sp³-hybridized carbons (Fsp3) is 0.667. The van der Waals surface area contributed by atoms with Crippen LogP contribution in [0.3, 0.4) is 0 Å². The molecule has 0 radical (unpaired) electrons. The van der Waals surface area contributed by atoms with Crippen LogP contribution in [0.1, 0.15) is 19.8 Å². The Morgan fingerprint density at radius 1 is 1.44 bits per heavy atom. The van der Waals surface area contributed by atoms with E-state index in [4.69, 9.17) is 11.6 Å². The molecule has 1 aliphatic rings. The van der Waals surface area contributed by atoms with Gasteiger partial charge in [-0.15, -0.1) is 0 Å². The van der Waals surface area contributed by atoms with Crippen LogP contribution in [-0.2, 0) is 9.59 Å². The molecule has 1 aliphatic carbocycles. The summed E-state index contributed by atoms with van der Waals surface area (Å²) in [4.78, 5) is 21.2. The van der Waals surface area contributed by atoms with Crippen LogP contribution in [-0.4, -0.2) is 11.0 Å².